The molecule has 1 aliphatic heterocycles. The lowest BCUT2D eigenvalue weighted by Gasteiger charge is -2.23. The fourth-order valence-electron chi connectivity index (χ4n) is 2.33. The number of amides is 1. The molecule has 1 N–H and O–H groups in total. The molecule has 1 atom stereocenters. The van der Waals surface area contributed by atoms with E-state index >= 15 is 0 Å². The molecule has 9 heteroatoms. The van der Waals surface area contributed by atoms with Crippen molar-refractivity contribution in [2.45, 2.75) is 24.8 Å². The average Bonchev–Trinajstić information content (AvgIpc) is 2.58. The number of hydrogen-bond acceptors (Lipinski definition) is 5. The summed E-state index contributed by atoms with van der Waals surface area (Å²) in [6, 6.07) is 4.23. The molecule has 7 nitrogen and oxygen atoms in total. The second-order valence-electron chi connectivity index (χ2n) is 5.15. The van der Waals surface area contributed by atoms with Crippen LogP contribution in [0.2, 0.25) is 5.02 Å². The third-order valence-corrected chi connectivity index (χ3v) is 6.02. The number of halogens is 1. The van der Waals surface area contributed by atoms with Crippen LogP contribution in [0.15, 0.2) is 23.1 Å². The van der Waals surface area contributed by atoms with Crippen LogP contribution in [0, 0.1) is 0 Å². The molecule has 0 radical (unpaired) electrons. The molecular formula is C15H21ClN2O5S. The standard InChI is InChI=1S/C15H21ClN2O5S/c1-3-18(4-2)24(20,21)11-5-6-12(16)13(9-11)17-15(19)14-10-22-7-8-23-14/h5-6,9,14H,3-4,7-8,10H2,1-2H3,(H,17,19). The Morgan fingerprint density at radius 1 is 1.33 bits per heavy atom. The van der Waals surface area contributed by atoms with E-state index in [9.17, 15) is 13.2 Å². The molecule has 0 saturated carbocycles. The van der Waals surface area contributed by atoms with Gasteiger partial charge in [0, 0.05) is 13.1 Å². The van der Waals surface area contributed by atoms with Gasteiger partial charge in [-0.1, -0.05) is 25.4 Å². The van der Waals surface area contributed by atoms with Crippen molar-refractivity contribution in [3.8, 4) is 0 Å². The summed E-state index contributed by atoms with van der Waals surface area (Å²) in [5, 5.41) is 2.86. The zero-order chi connectivity index (χ0) is 17.7. The minimum absolute atomic E-state index is 0.0757. The van der Waals surface area contributed by atoms with E-state index < -0.39 is 22.0 Å². The quantitative estimate of drug-likeness (QED) is 0.817. The van der Waals surface area contributed by atoms with E-state index in [0.29, 0.717) is 26.3 Å². The topological polar surface area (TPSA) is 84.9 Å². The lowest BCUT2D eigenvalue weighted by molar-refractivity contribution is -0.142. The van der Waals surface area contributed by atoms with Gasteiger partial charge >= 0.3 is 0 Å². The zero-order valence-electron chi connectivity index (χ0n) is 13.6. The van der Waals surface area contributed by atoms with Crippen molar-refractivity contribution in [1.82, 2.24) is 4.31 Å². The molecule has 1 saturated heterocycles. The summed E-state index contributed by atoms with van der Waals surface area (Å²) in [7, 11) is -3.63. The number of rotatable bonds is 6. The molecule has 1 unspecified atom stereocenters. The van der Waals surface area contributed by atoms with Crippen molar-refractivity contribution < 1.29 is 22.7 Å². The minimum Gasteiger partial charge on any atom is -0.376 e. The number of nitrogens with one attached hydrogen (secondary N) is 1. The van der Waals surface area contributed by atoms with Crippen LogP contribution < -0.4 is 5.32 Å². The first kappa shape index (κ1) is 19.1. The van der Waals surface area contributed by atoms with Crippen molar-refractivity contribution >= 4 is 33.2 Å². The SMILES string of the molecule is CCN(CC)S(=O)(=O)c1ccc(Cl)c(NC(=O)C2COCCO2)c1. The third kappa shape index (κ3) is 4.25. The lowest BCUT2D eigenvalue weighted by atomic mass is 10.2. The monoisotopic (exact) mass is 376 g/mol. The van der Waals surface area contributed by atoms with E-state index in [0.717, 1.165) is 0 Å². The number of benzene rings is 1. The Kier molecular flexibility index (Phi) is 6.59. The van der Waals surface area contributed by atoms with Crippen LogP contribution in [0.4, 0.5) is 5.69 Å². The molecule has 1 fully saturated rings. The number of carbonyl (C=O) groups excluding carboxylic acids is 1. The normalized spacial score (nSPS) is 18.6. The van der Waals surface area contributed by atoms with Gasteiger partial charge < -0.3 is 14.8 Å². The smallest absolute Gasteiger partial charge is 0.255 e. The second-order valence-corrected chi connectivity index (χ2v) is 7.50. The van der Waals surface area contributed by atoms with Crippen molar-refractivity contribution in [3.63, 3.8) is 0 Å². The Hall–Kier alpha value is -1.19. The summed E-state index contributed by atoms with van der Waals surface area (Å²) in [4.78, 5) is 12.3. The van der Waals surface area contributed by atoms with Crippen LogP contribution >= 0.6 is 11.6 Å². The highest BCUT2D eigenvalue weighted by atomic mass is 35.5. The van der Waals surface area contributed by atoms with E-state index in [2.05, 4.69) is 5.32 Å². The van der Waals surface area contributed by atoms with Gasteiger partial charge in [-0.2, -0.15) is 4.31 Å². The maximum absolute atomic E-state index is 12.6. The summed E-state index contributed by atoms with van der Waals surface area (Å²) in [6.07, 6.45) is -0.738. The van der Waals surface area contributed by atoms with Gasteiger partial charge in [-0.25, -0.2) is 8.42 Å². The predicted octanol–water partition coefficient (Wildman–Crippen LogP) is 1.72. The lowest BCUT2D eigenvalue weighted by Crippen LogP contribution is -2.39. The van der Waals surface area contributed by atoms with Crippen LogP contribution in [0.1, 0.15) is 13.8 Å². The number of anilines is 1. The number of hydrogen-bond donors (Lipinski definition) is 1. The minimum atomic E-state index is -3.63. The Labute approximate surface area is 146 Å². The Balaban J connectivity index is 2.23. The molecule has 1 aromatic rings. The van der Waals surface area contributed by atoms with Crippen LogP contribution in [-0.4, -0.2) is 57.6 Å². The molecule has 24 heavy (non-hydrogen) atoms. The first-order chi connectivity index (χ1) is 11.4. The first-order valence-corrected chi connectivity index (χ1v) is 9.51. The van der Waals surface area contributed by atoms with E-state index in [1.807, 2.05) is 0 Å². The number of carbonyl (C=O) groups is 1. The van der Waals surface area contributed by atoms with Crippen molar-refractivity contribution in [3.05, 3.63) is 23.2 Å². The van der Waals surface area contributed by atoms with Gasteiger partial charge in [-0.3, -0.25) is 4.79 Å². The summed E-state index contributed by atoms with van der Waals surface area (Å²) in [5.41, 5.74) is 0.226. The highest BCUT2D eigenvalue weighted by Crippen LogP contribution is 2.27. The van der Waals surface area contributed by atoms with Gasteiger partial charge in [0.2, 0.25) is 10.0 Å². The van der Waals surface area contributed by atoms with Crippen molar-refractivity contribution in [1.29, 1.82) is 0 Å². The molecule has 1 aromatic carbocycles. The molecule has 1 aliphatic rings. The third-order valence-electron chi connectivity index (χ3n) is 3.65. The highest BCUT2D eigenvalue weighted by molar-refractivity contribution is 7.89. The molecule has 0 aromatic heterocycles. The highest BCUT2D eigenvalue weighted by Gasteiger charge is 2.25. The molecule has 2 rings (SSSR count). The molecular weight excluding hydrogens is 356 g/mol. The van der Waals surface area contributed by atoms with E-state index in [1.165, 1.54) is 22.5 Å². The zero-order valence-corrected chi connectivity index (χ0v) is 15.2. The summed E-state index contributed by atoms with van der Waals surface area (Å²) >= 11 is 6.08. The summed E-state index contributed by atoms with van der Waals surface area (Å²) < 4.78 is 37.0. The molecule has 1 amide bonds. The van der Waals surface area contributed by atoms with Gasteiger partial charge in [0.25, 0.3) is 5.91 Å². The molecule has 0 aliphatic carbocycles. The number of nitrogens with zero attached hydrogens (tertiary/aromatic N) is 1. The van der Waals surface area contributed by atoms with Crippen LogP contribution in [0.5, 0.6) is 0 Å². The average molecular weight is 377 g/mol. The molecule has 0 spiro atoms. The molecule has 0 bridgehead atoms. The summed E-state index contributed by atoms with van der Waals surface area (Å²) in [5.74, 6) is -0.422. The second kappa shape index (κ2) is 8.26. The maximum atomic E-state index is 12.6. The largest absolute Gasteiger partial charge is 0.376 e. The number of sulfonamides is 1. The number of ether oxygens (including phenoxy) is 2. The first-order valence-electron chi connectivity index (χ1n) is 7.70. The predicted molar refractivity (Wildman–Crippen MR) is 90.7 cm³/mol. The van der Waals surface area contributed by atoms with Gasteiger partial charge in [0.15, 0.2) is 6.10 Å². The van der Waals surface area contributed by atoms with Gasteiger partial charge in [-0.05, 0) is 18.2 Å². The van der Waals surface area contributed by atoms with Crippen molar-refractivity contribution in [2.24, 2.45) is 0 Å². The van der Waals surface area contributed by atoms with Gasteiger partial charge in [0.1, 0.15) is 0 Å². The fourth-order valence-corrected chi connectivity index (χ4v) is 3.98. The van der Waals surface area contributed by atoms with Gasteiger partial charge in [-0.15, -0.1) is 0 Å². The van der Waals surface area contributed by atoms with E-state index in [4.69, 9.17) is 21.1 Å². The van der Waals surface area contributed by atoms with Crippen LogP contribution in [0.25, 0.3) is 0 Å². The summed E-state index contributed by atoms with van der Waals surface area (Å²) in [6.45, 7) is 5.18. The Morgan fingerprint density at radius 3 is 2.62 bits per heavy atom. The van der Waals surface area contributed by atoms with E-state index in [-0.39, 0.29) is 22.2 Å². The van der Waals surface area contributed by atoms with Crippen LogP contribution in [-0.2, 0) is 24.3 Å². The van der Waals surface area contributed by atoms with Gasteiger partial charge in [0.05, 0.1) is 35.4 Å². The van der Waals surface area contributed by atoms with Crippen molar-refractivity contribution in [2.75, 3.05) is 38.2 Å². The maximum Gasteiger partial charge on any atom is 0.255 e. The van der Waals surface area contributed by atoms with E-state index in [1.54, 1.807) is 13.8 Å². The Morgan fingerprint density at radius 2 is 2.04 bits per heavy atom. The van der Waals surface area contributed by atoms with Crippen LogP contribution in [0.3, 0.4) is 0 Å². The fraction of sp³-hybridized carbons (Fsp3) is 0.533. The Bertz CT molecular complexity index is 685. The molecule has 134 valence electrons. The molecule has 1 heterocycles.